The molecule has 3 rings (SSSR count). The first kappa shape index (κ1) is 23.0. The fourth-order valence-electron chi connectivity index (χ4n) is 4.03. The van der Waals surface area contributed by atoms with Gasteiger partial charge in [-0.05, 0) is 38.8 Å². The van der Waals surface area contributed by atoms with Gasteiger partial charge >= 0.3 is 0 Å². The van der Waals surface area contributed by atoms with Crippen LogP contribution in [-0.2, 0) is 15.0 Å². The Balaban J connectivity index is 1.78. The monoisotopic (exact) mass is 424 g/mol. The maximum Gasteiger partial charge on any atom is 0.245 e. The van der Waals surface area contributed by atoms with Gasteiger partial charge in [-0.1, -0.05) is 57.7 Å². The van der Waals surface area contributed by atoms with Crippen LogP contribution in [0.1, 0.15) is 71.1 Å². The SMILES string of the molecule is CCN(CC(=O)Nc1cc(C(C)(C)C)nn1-c1ccc(C)cc1)C(=O)C1CCCCC1. The number of rotatable bonds is 6. The van der Waals surface area contributed by atoms with Gasteiger partial charge in [0.25, 0.3) is 0 Å². The van der Waals surface area contributed by atoms with E-state index in [0.29, 0.717) is 12.4 Å². The van der Waals surface area contributed by atoms with Crippen molar-refractivity contribution in [2.45, 2.75) is 72.1 Å². The van der Waals surface area contributed by atoms with E-state index in [1.54, 1.807) is 9.58 Å². The van der Waals surface area contributed by atoms with Crippen molar-refractivity contribution >= 4 is 17.6 Å². The largest absolute Gasteiger partial charge is 0.333 e. The zero-order valence-electron chi connectivity index (χ0n) is 19.6. The number of hydrogen-bond acceptors (Lipinski definition) is 3. The van der Waals surface area contributed by atoms with Crippen LogP contribution in [0.25, 0.3) is 5.69 Å². The molecule has 0 atom stereocenters. The summed E-state index contributed by atoms with van der Waals surface area (Å²) in [4.78, 5) is 27.5. The van der Waals surface area contributed by atoms with E-state index >= 15 is 0 Å². The van der Waals surface area contributed by atoms with Crippen LogP contribution < -0.4 is 5.32 Å². The number of amides is 2. The van der Waals surface area contributed by atoms with Gasteiger partial charge in [0.2, 0.25) is 11.8 Å². The fourth-order valence-corrected chi connectivity index (χ4v) is 4.03. The number of nitrogens with zero attached hydrogens (tertiary/aromatic N) is 3. The second-order valence-corrected chi connectivity index (χ2v) is 9.65. The average Bonchev–Trinajstić information content (AvgIpc) is 3.17. The Labute approximate surface area is 186 Å². The highest BCUT2D eigenvalue weighted by atomic mass is 16.2. The van der Waals surface area contributed by atoms with Crippen molar-refractivity contribution in [1.82, 2.24) is 14.7 Å². The van der Waals surface area contributed by atoms with Crippen LogP contribution in [0.15, 0.2) is 30.3 Å². The summed E-state index contributed by atoms with van der Waals surface area (Å²) >= 11 is 0. The van der Waals surface area contributed by atoms with E-state index in [4.69, 9.17) is 5.10 Å². The van der Waals surface area contributed by atoms with E-state index in [1.165, 1.54) is 6.42 Å². The molecule has 1 heterocycles. The summed E-state index contributed by atoms with van der Waals surface area (Å²) in [5, 5.41) is 7.77. The first-order valence-corrected chi connectivity index (χ1v) is 11.4. The third-order valence-corrected chi connectivity index (χ3v) is 6.01. The van der Waals surface area contributed by atoms with E-state index < -0.39 is 0 Å². The molecule has 6 heteroatoms. The van der Waals surface area contributed by atoms with Gasteiger partial charge < -0.3 is 10.2 Å². The van der Waals surface area contributed by atoms with Crippen molar-refractivity contribution in [3.63, 3.8) is 0 Å². The van der Waals surface area contributed by atoms with Crippen molar-refractivity contribution in [3.05, 3.63) is 41.6 Å². The summed E-state index contributed by atoms with van der Waals surface area (Å²) in [7, 11) is 0. The topological polar surface area (TPSA) is 67.2 Å². The number of aryl methyl sites for hydroxylation is 1. The Hall–Kier alpha value is -2.63. The number of anilines is 1. The average molecular weight is 425 g/mol. The number of nitrogens with one attached hydrogen (secondary N) is 1. The summed E-state index contributed by atoms with van der Waals surface area (Å²) < 4.78 is 1.77. The number of carbonyl (C=O) groups is 2. The third kappa shape index (κ3) is 5.75. The summed E-state index contributed by atoms with van der Waals surface area (Å²) in [6, 6.07) is 9.98. The minimum Gasteiger partial charge on any atom is -0.333 e. The molecule has 1 aromatic heterocycles. The molecule has 31 heavy (non-hydrogen) atoms. The summed E-state index contributed by atoms with van der Waals surface area (Å²) in [6.45, 7) is 10.9. The lowest BCUT2D eigenvalue weighted by molar-refractivity contribution is -0.139. The van der Waals surface area contributed by atoms with Crippen LogP contribution >= 0.6 is 0 Å². The second-order valence-electron chi connectivity index (χ2n) is 9.65. The Morgan fingerprint density at radius 1 is 1.13 bits per heavy atom. The van der Waals surface area contributed by atoms with Gasteiger partial charge in [0, 0.05) is 23.9 Å². The van der Waals surface area contributed by atoms with Gasteiger partial charge in [-0.3, -0.25) is 9.59 Å². The molecule has 0 unspecified atom stereocenters. The van der Waals surface area contributed by atoms with Crippen molar-refractivity contribution in [2.24, 2.45) is 5.92 Å². The molecule has 1 aliphatic carbocycles. The van der Waals surface area contributed by atoms with E-state index in [9.17, 15) is 9.59 Å². The first-order valence-electron chi connectivity index (χ1n) is 11.4. The Morgan fingerprint density at radius 2 is 1.77 bits per heavy atom. The van der Waals surface area contributed by atoms with Gasteiger partial charge in [-0.15, -0.1) is 0 Å². The minimum atomic E-state index is -0.195. The highest BCUT2D eigenvalue weighted by Crippen LogP contribution is 2.27. The van der Waals surface area contributed by atoms with Gasteiger partial charge in [0.1, 0.15) is 5.82 Å². The predicted octanol–water partition coefficient (Wildman–Crippen LogP) is 4.85. The molecule has 1 aromatic carbocycles. The lowest BCUT2D eigenvalue weighted by Crippen LogP contribution is -2.41. The molecule has 0 saturated heterocycles. The molecule has 1 saturated carbocycles. The van der Waals surface area contributed by atoms with Gasteiger partial charge in [-0.25, -0.2) is 4.68 Å². The number of hydrogen-bond donors (Lipinski definition) is 1. The van der Waals surface area contributed by atoms with E-state index in [1.807, 2.05) is 44.2 Å². The highest BCUT2D eigenvalue weighted by Gasteiger charge is 2.27. The highest BCUT2D eigenvalue weighted by molar-refractivity contribution is 5.94. The molecule has 1 N–H and O–H groups in total. The molecule has 0 radical (unpaired) electrons. The van der Waals surface area contributed by atoms with E-state index in [2.05, 4.69) is 26.1 Å². The van der Waals surface area contributed by atoms with Crippen LogP contribution in [0.4, 0.5) is 5.82 Å². The third-order valence-electron chi connectivity index (χ3n) is 6.01. The minimum absolute atomic E-state index is 0.0621. The van der Waals surface area contributed by atoms with Crippen molar-refractivity contribution < 1.29 is 9.59 Å². The molecule has 1 fully saturated rings. The molecule has 2 aromatic rings. The summed E-state index contributed by atoms with van der Waals surface area (Å²) in [5.74, 6) is 0.603. The van der Waals surface area contributed by atoms with Crippen LogP contribution in [0.2, 0.25) is 0 Å². The number of aromatic nitrogens is 2. The number of carbonyl (C=O) groups excluding carboxylic acids is 2. The molecular weight excluding hydrogens is 388 g/mol. The summed E-state index contributed by atoms with van der Waals surface area (Å²) in [6.07, 6.45) is 5.28. The molecule has 0 bridgehead atoms. The Bertz CT molecular complexity index is 903. The second kappa shape index (κ2) is 9.67. The lowest BCUT2D eigenvalue weighted by atomic mass is 9.88. The Kier molecular flexibility index (Phi) is 7.19. The number of likely N-dealkylation sites (N-methyl/N-ethyl adjacent to an activating group) is 1. The molecular formula is C25H36N4O2. The smallest absolute Gasteiger partial charge is 0.245 e. The molecule has 1 aliphatic rings. The molecule has 0 spiro atoms. The Morgan fingerprint density at radius 3 is 2.35 bits per heavy atom. The maximum absolute atomic E-state index is 12.9. The van der Waals surface area contributed by atoms with Crippen molar-refractivity contribution in [1.29, 1.82) is 0 Å². The van der Waals surface area contributed by atoms with Crippen LogP contribution in [0.3, 0.4) is 0 Å². The molecule has 2 amide bonds. The quantitative estimate of drug-likeness (QED) is 0.721. The van der Waals surface area contributed by atoms with Gasteiger partial charge in [-0.2, -0.15) is 5.10 Å². The zero-order valence-corrected chi connectivity index (χ0v) is 19.6. The molecule has 0 aliphatic heterocycles. The molecule has 168 valence electrons. The zero-order chi connectivity index (χ0) is 22.6. The van der Waals surface area contributed by atoms with Gasteiger partial charge in [0.05, 0.1) is 17.9 Å². The maximum atomic E-state index is 12.9. The van der Waals surface area contributed by atoms with Crippen molar-refractivity contribution in [3.8, 4) is 5.69 Å². The van der Waals surface area contributed by atoms with E-state index in [-0.39, 0.29) is 29.7 Å². The summed E-state index contributed by atoms with van der Waals surface area (Å²) in [5.41, 5.74) is 2.80. The lowest BCUT2D eigenvalue weighted by Gasteiger charge is -2.28. The number of benzene rings is 1. The van der Waals surface area contributed by atoms with E-state index in [0.717, 1.165) is 42.6 Å². The van der Waals surface area contributed by atoms with Crippen molar-refractivity contribution in [2.75, 3.05) is 18.4 Å². The standard InChI is InChI=1S/C25H36N4O2/c1-6-28(24(31)19-10-8-7-9-11-19)17-23(30)26-22-16-21(25(3,4)5)27-29(22)20-14-12-18(2)13-15-20/h12-16,19H,6-11,17H2,1-5H3,(H,26,30). The van der Waals surface area contributed by atoms with Crippen LogP contribution in [0, 0.1) is 12.8 Å². The molecule has 6 nitrogen and oxygen atoms in total. The first-order chi connectivity index (χ1) is 14.7. The normalized spacial score (nSPS) is 15.0. The predicted molar refractivity (Wildman–Crippen MR) is 124 cm³/mol. The van der Waals surface area contributed by atoms with Crippen LogP contribution in [-0.4, -0.2) is 39.6 Å². The fraction of sp³-hybridized carbons (Fsp3) is 0.560. The van der Waals surface area contributed by atoms with Gasteiger partial charge in [0.15, 0.2) is 0 Å². The van der Waals surface area contributed by atoms with Crippen LogP contribution in [0.5, 0.6) is 0 Å².